The fraction of sp³-hybridized carbons (Fsp3) is 0.647. The monoisotopic (exact) mass is 440 g/mol. The van der Waals surface area contributed by atoms with E-state index in [9.17, 15) is 5.11 Å². The van der Waals surface area contributed by atoms with E-state index in [2.05, 4.69) is 32.2 Å². The van der Waals surface area contributed by atoms with Crippen molar-refractivity contribution >= 4 is 40.7 Å². The lowest BCUT2D eigenvalue weighted by molar-refractivity contribution is 0.0834. The van der Waals surface area contributed by atoms with Crippen LogP contribution in [0.5, 0.6) is 11.5 Å². The quantitative estimate of drug-likeness (QED) is 0.720. The number of hydrogen-bond acceptors (Lipinski definition) is 4. The molecule has 2 fully saturated rings. The molecular weight excluding hydrogens is 415 g/mol. The van der Waals surface area contributed by atoms with Gasteiger partial charge in [0.15, 0.2) is 11.5 Å². The molecule has 0 radical (unpaired) electrons. The van der Waals surface area contributed by atoms with Gasteiger partial charge in [-0.3, -0.25) is 4.90 Å². The Labute approximate surface area is 165 Å². The standard InChI is InChI=1S/C17H25BrN2O2.2ClH/c1-2-22-15-11-13(10-14(18)17(15)21)16(12-4-3-5-12)20-8-6-19-7-9-20;;/h10-12,16,19,21H,2-9H2,1H3;2*1H/t16-;;/m0../s1. The second kappa shape index (κ2) is 10.1. The van der Waals surface area contributed by atoms with Crippen molar-refractivity contribution in [3.63, 3.8) is 0 Å². The lowest BCUT2D eigenvalue weighted by atomic mass is 9.76. The van der Waals surface area contributed by atoms with Crippen molar-refractivity contribution < 1.29 is 9.84 Å². The van der Waals surface area contributed by atoms with Gasteiger partial charge in [-0.15, -0.1) is 24.8 Å². The van der Waals surface area contributed by atoms with Crippen LogP contribution in [0.2, 0.25) is 0 Å². The predicted octanol–water partition coefficient (Wildman–Crippen LogP) is 4.14. The van der Waals surface area contributed by atoms with Gasteiger partial charge in [0, 0.05) is 32.2 Å². The lowest BCUT2D eigenvalue weighted by Gasteiger charge is -2.43. The van der Waals surface area contributed by atoms with Crippen molar-refractivity contribution in [2.75, 3.05) is 32.8 Å². The zero-order valence-corrected chi connectivity index (χ0v) is 17.2. The number of benzene rings is 1. The number of halogens is 3. The largest absolute Gasteiger partial charge is 0.503 e. The maximum atomic E-state index is 10.2. The molecule has 1 aliphatic carbocycles. The van der Waals surface area contributed by atoms with Crippen molar-refractivity contribution in [1.29, 1.82) is 0 Å². The zero-order valence-electron chi connectivity index (χ0n) is 14.0. The molecule has 0 spiro atoms. The molecule has 7 heteroatoms. The highest BCUT2D eigenvalue weighted by Gasteiger charge is 2.34. The summed E-state index contributed by atoms with van der Waals surface area (Å²) in [6, 6.07) is 4.55. The minimum absolute atomic E-state index is 0. The van der Waals surface area contributed by atoms with Gasteiger partial charge in [0.25, 0.3) is 0 Å². The minimum Gasteiger partial charge on any atom is -0.503 e. The Balaban J connectivity index is 0.00000144. The second-order valence-corrected chi connectivity index (χ2v) is 7.06. The summed E-state index contributed by atoms with van der Waals surface area (Å²) in [4.78, 5) is 2.59. The van der Waals surface area contributed by atoms with Crippen LogP contribution >= 0.6 is 40.7 Å². The van der Waals surface area contributed by atoms with Crippen molar-refractivity contribution in [3.05, 3.63) is 22.2 Å². The van der Waals surface area contributed by atoms with Crippen LogP contribution in [-0.2, 0) is 0 Å². The molecule has 0 unspecified atom stereocenters. The summed E-state index contributed by atoms with van der Waals surface area (Å²) >= 11 is 3.49. The maximum absolute atomic E-state index is 10.2. The van der Waals surface area contributed by atoms with Gasteiger partial charge >= 0.3 is 0 Å². The number of rotatable bonds is 5. The van der Waals surface area contributed by atoms with Gasteiger partial charge in [-0.25, -0.2) is 0 Å². The van der Waals surface area contributed by atoms with E-state index in [1.807, 2.05) is 13.0 Å². The van der Waals surface area contributed by atoms with E-state index in [-0.39, 0.29) is 30.6 Å². The molecule has 138 valence electrons. The molecule has 0 aromatic heterocycles. The Morgan fingerprint density at radius 1 is 1.29 bits per heavy atom. The number of piperazine rings is 1. The van der Waals surface area contributed by atoms with Crippen LogP contribution in [0, 0.1) is 5.92 Å². The summed E-state index contributed by atoms with van der Waals surface area (Å²) in [6.07, 6.45) is 3.94. The number of phenolic OH excluding ortho intramolecular Hbond substituents is 1. The third kappa shape index (κ3) is 4.70. The van der Waals surface area contributed by atoms with E-state index in [4.69, 9.17) is 4.74 Å². The van der Waals surface area contributed by atoms with Crippen LogP contribution in [-0.4, -0.2) is 42.8 Å². The summed E-state index contributed by atoms with van der Waals surface area (Å²) in [5, 5.41) is 13.6. The van der Waals surface area contributed by atoms with Crippen LogP contribution in [0.4, 0.5) is 0 Å². The van der Waals surface area contributed by atoms with E-state index in [0.717, 1.165) is 36.6 Å². The molecule has 2 aliphatic rings. The Morgan fingerprint density at radius 3 is 2.50 bits per heavy atom. The van der Waals surface area contributed by atoms with Gasteiger partial charge in [-0.2, -0.15) is 0 Å². The number of nitrogens with zero attached hydrogens (tertiary/aromatic N) is 1. The first-order chi connectivity index (χ1) is 10.7. The first kappa shape index (κ1) is 21.8. The molecule has 1 saturated carbocycles. The van der Waals surface area contributed by atoms with Crippen LogP contribution in [0.15, 0.2) is 16.6 Å². The lowest BCUT2D eigenvalue weighted by Crippen LogP contribution is -2.47. The van der Waals surface area contributed by atoms with Crippen molar-refractivity contribution in [1.82, 2.24) is 10.2 Å². The van der Waals surface area contributed by atoms with E-state index < -0.39 is 0 Å². The van der Waals surface area contributed by atoms with Gasteiger partial charge in [0.2, 0.25) is 0 Å². The van der Waals surface area contributed by atoms with Crippen LogP contribution in [0.3, 0.4) is 0 Å². The fourth-order valence-corrected chi connectivity index (χ4v) is 3.99. The summed E-state index contributed by atoms with van der Waals surface area (Å²) < 4.78 is 6.35. The molecule has 1 saturated heterocycles. The predicted molar refractivity (Wildman–Crippen MR) is 106 cm³/mol. The number of nitrogens with one attached hydrogen (secondary N) is 1. The SMILES string of the molecule is CCOc1cc([C@H](C2CCC2)N2CCNCC2)cc(Br)c1O.Cl.Cl. The van der Waals surface area contributed by atoms with Gasteiger partial charge in [0.05, 0.1) is 11.1 Å². The molecule has 1 atom stereocenters. The Hall–Kier alpha value is -0.200. The third-order valence-electron chi connectivity index (χ3n) is 4.83. The third-order valence-corrected chi connectivity index (χ3v) is 5.44. The molecule has 1 heterocycles. The first-order valence-electron chi connectivity index (χ1n) is 8.30. The van der Waals surface area contributed by atoms with Crippen molar-refractivity contribution in [3.8, 4) is 11.5 Å². The highest BCUT2D eigenvalue weighted by atomic mass is 79.9. The molecule has 24 heavy (non-hydrogen) atoms. The van der Waals surface area contributed by atoms with Gasteiger partial charge in [-0.1, -0.05) is 6.42 Å². The fourth-order valence-electron chi connectivity index (χ4n) is 3.53. The second-order valence-electron chi connectivity index (χ2n) is 6.20. The smallest absolute Gasteiger partial charge is 0.172 e. The summed E-state index contributed by atoms with van der Waals surface area (Å²) in [6.45, 7) is 6.79. The number of phenols is 1. The summed E-state index contributed by atoms with van der Waals surface area (Å²) in [5.74, 6) is 1.52. The summed E-state index contributed by atoms with van der Waals surface area (Å²) in [5.41, 5.74) is 1.26. The molecule has 1 aromatic rings. The molecule has 4 nitrogen and oxygen atoms in total. The Kier molecular flexibility index (Phi) is 9.17. The normalized spacial score (nSPS) is 19.6. The van der Waals surface area contributed by atoms with Crippen LogP contribution in [0.1, 0.15) is 37.8 Å². The topological polar surface area (TPSA) is 44.7 Å². The molecule has 0 bridgehead atoms. The Morgan fingerprint density at radius 2 is 1.96 bits per heavy atom. The van der Waals surface area contributed by atoms with Crippen LogP contribution in [0.25, 0.3) is 0 Å². The molecule has 3 rings (SSSR count). The average Bonchev–Trinajstić information content (AvgIpc) is 2.48. The highest BCUT2D eigenvalue weighted by Crippen LogP contribution is 2.45. The average molecular weight is 442 g/mol. The minimum atomic E-state index is 0. The van der Waals surface area contributed by atoms with Gasteiger partial charge in [-0.05, 0) is 59.3 Å². The maximum Gasteiger partial charge on any atom is 0.172 e. The Bertz CT molecular complexity index is 524. The summed E-state index contributed by atoms with van der Waals surface area (Å²) in [7, 11) is 0. The van der Waals surface area contributed by atoms with Gasteiger partial charge < -0.3 is 15.2 Å². The van der Waals surface area contributed by atoms with E-state index in [1.54, 1.807) is 0 Å². The molecule has 1 aromatic carbocycles. The highest BCUT2D eigenvalue weighted by molar-refractivity contribution is 9.10. The van der Waals surface area contributed by atoms with E-state index >= 15 is 0 Å². The van der Waals surface area contributed by atoms with Crippen LogP contribution < -0.4 is 10.1 Å². The van der Waals surface area contributed by atoms with Crippen molar-refractivity contribution in [2.24, 2.45) is 5.92 Å². The first-order valence-corrected chi connectivity index (χ1v) is 9.10. The molecule has 1 aliphatic heterocycles. The molecule has 0 amide bonds. The zero-order chi connectivity index (χ0) is 15.5. The van der Waals surface area contributed by atoms with E-state index in [0.29, 0.717) is 18.4 Å². The van der Waals surface area contributed by atoms with Crippen molar-refractivity contribution in [2.45, 2.75) is 32.2 Å². The van der Waals surface area contributed by atoms with E-state index in [1.165, 1.54) is 24.8 Å². The molecule has 2 N–H and O–H groups in total. The number of aromatic hydroxyl groups is 1. The number of hydrogen-bond donors (Lipinski definition) is 2. The molecular formula is C17H27BrCl2N2O2. The number of ether oxygens (including phenoxy) is 1. The van der Waals surface area contributed by atoms with Gasteiger partial charge in [0.1, 0.15) is 0 Å².